The number of anilines is 1. The number of nitrogens with two attached hydrogens (primary N) is 1. The van der Waals surface area contributed by atoms with Crippen molar-refractivity contribution >= 4 is 29.1 Å². The lowest BCUT2D eigenvalue weighted by Gasteiger charge is -1.97. The molecule has 0 fully saturated rings. The molecule has 106 valence electrons. The zero-order valence-electron chi connectivity index (χ0n) is 10.9. The Morgan fingerprint density at radius 1 is 1.19 bits per heavy atom. The molecule has 7 heteroatoms. The van der Waals surface area contributed by atoms with Gasteiger partial charge in [-0.3, -0.25) is 0 Å². The van der Waals surface area contributed by atoms with Gasteiger partial charge in [0.1, 0.15) is 0 Å². The fraction of sp³-hybridized carbons (Fsp3) is 0.0714. The lowest BCUT2D eigenvalue weighted by molar-refractivity contribution is 0.425. The van der Waals surface area contributed by atoms with Gasteiger partial charge in [0.05, 0.1) is 33.2 Å². The molecular weight excluding hydrogens is 308 g/mol. The summed E-state index contributed by atoms with van der Waals surface area (Å²) in [5, 5.41) is 5.39. The van der Waals surface area contributed by atoms with E-state index in [2.05, 4.69) is 15.1 Å². The van der Waals surface area contributed by atoms with E-state index in [1.807, 2.05) is 24.3 Å². The number of nitrogen functional groups attached to an aromatic ring is 1. The van der Waals surface area contributed by atoms with Crippen molar-refractivity contribution < 1.29 is 4.52 Å². The molecule has 1 aromatic carbocycles. The van der Waals surface area contributed by atoms with Crippen molar-refractivity contribution in [3.63, 3.8) is 0 Å². The number of thioether (sulfide) groups is 1. The predicted molar refractivity (Wildman–Crippen MR) is 83.0 cm³/mol. The molecule has 0 saturated carbocycles. The molecule has 0 aliphatic heterocycles. The minimum Gasteiger partial charge on any atom is -0.397 e. The van der Waals surface area contributed by atoms with Gasteiger partial charge in [-0.05, 0) is 24.3 Å². The SMILES string of the molecule is Nc1ccc(SCc2noc(-c3ccccc3Cl)n2)nc1. The molecule has 0 bridgehead atoms. The van der Waals surface area contributed by atoms with E-state index in [0.29, 0.717) is 28.2 Å². The number of hydrogen-bond donors (Lipinski definition) is 1. The van der Waals surface area contributed by atoms with Gasteiger partial charge < -0.3 is 10.3 Å². The summed E-state index contributed by atoms with van der Waals surface area (Å²) in [6.45, 7) is 0. The maximum absolute atomic E-state index is 6.10. The van der Waals surface area contributed by atoms with Crippen molar-refractivity contribution in [1.82, 2.24) is 15.1 Å². The Labute approximate surface area is 130 Å². The quantitative estimate of drug-likeness (QED) is 0.740. The molecule has 2 N–H and O–H groups in total. The zero-order chi connectivity index (χ0) is 14.7. The van der Waals surface area contributed by atoms with Crippen LogP contribution in [0.1, 0.15) is 5.82 Å². The lowest BCUT2D eigenvalue weighted by Crippen LogP contribution is -1.88. The van der Waals surface area contributed by atoms with Crippen LogP contribution in [0.25, 0.3) is 11.5 Å². The summed E-state index contributed by atoms with van der Waals surface area (Å²) in [4.78, 5) is 8.54. The van der Waals surface area contributed by atoms with E-state index in [1.54, 1.807) is 18.3 Å². The Kier molecular flexibility index (Phi) is 4.08. The monoisotopic (exact) mass is 318 g/mol. The van der Waals surface area contributed by atoms with Crippen LogP contribution >= 0.6 is 23.4 Å². The fourth-order valence-electron chi connectivity index (χ4n) is 1.67. The standard InChI is InChI=1S/C14H11ClN4OS/c15-11-4-2-1-3-10(11)14-18-12(19-20-14)8-21-13-6-5-9(16)7-17-13/h1-7H,8,16H2. The van der Waals surface area contributed by atoms with Gasteiger partial charge in [0.25, 0.3) is 5.89 Å². The molecule has 2 heterocycles. The molecule has 5 nitrogen and oxygen atoms in total. The van der Waals surface area contributed by atoms with Gasteiger partial charge in [-0.2, -0.15) is 4.98 Å². The zero-order valence-corrected chi connectivity index (χ0v) is 12.4. The second kappa shape index (κ2) is 6.15. The number of rotatable bonds is 4. The minimum atomic E-state index is 0.418. The fourth-order valence-corrected chi connectivity index (χ4v) is 2.57. The van der Waals surface area contributed by atoms with Crippen LogP contribution in [0.3, 0.4) is 0 Å². The molecule has 2 aromatic heterocycles. The van der Waals surface area contributed by atoms with Crippen molar-refractivity contribution in [1.29, 1.82) is 0 Å². The second-order valence-corrected chi connectivity index (χ2v) is 5.62. The van der Waals surface area contributed by atoms with Gasteiger partial charge >= 0.3 is 0 Å². The molecule has 0 atom stereocenters. The number of benzene rings is 1. The Hall–Kier alpha value is -2.05. The van der Waals surface area contributed by atoms with Gasteiger partial charge in [-0.15, -0.1) is 0 Å². The molecule has 0 spiro atoms. The minimum absolute atomic E-state index is 0.418. The average Bonchev–Trinajstić information content (AvgIpc) is 2.96. The van der Waals surface area contributed by atoms with Crippen molar-refractivity contribution in [2.45, 2.75) is 10.8 Å². The summed E-state index contributed by atoms with van der Waals surface area (Å²) >= 11 is 7.61. The number of pyridine rings is 1. The van der Waals surface area contributed by atoms with Crippen molar-refractivity contribution in [3.8, 4) is 11.5 Å². The first kappa shape index (κ1) is 13.9. The third-order valence-corrected chi connectivity index (χ3v) is 3.95. The molecular formula is C14H11ClN4OS. The summed E-state index contributed by atoms with van der Waals surface area (Å²) in [6, 6.07) is 11.0. The van der Waals surface area contributed by atoms with E-state index < -0.39 is 0 Å². The lowest BCUT2D eigenvalue weighted by atomic mass is 10.2. The topological polar surface area (TPSA) is 77.8 Å². The molecule has 3 rings (SSSR count). The smallest absolute Gasteiger partial charge is 0.259 e. The molecule has 0 saturated heterocycles. The summed E-state index contributed by atoms with van der Waals surface area (Å²) in [5.41, 5.74) is 6.96. The predicted octanol–water partition coefficient (Wildman–Crippen LogP) is 3.66. The number of hydrogen-bond acceptors (Lipinski definition) is 6. The van der Waals surface area contributed by atoms with E-state index >= 15 is 0 Å². The Morgan fingerprint density at radius 3 is 2.81 bits per heavy atom. The first-order valence-corrected chi connectivity index (χ1v) is 7.50. The highest BCUT2D eigenvalue weighted by molar-refractivity contribution is 7.98. The summed E-state index contributed by atoms with van der Waals surface area (Å²) in [7, 11) is 0. The highest BCUT2D eigenvalue weighted by Gasteiger charge is 2.12. The number of nitrogens with zero attached hydrogens (tertiary/aromatic N) is 3. The molecule has 0 radical (unpaired) electrons. The van der Waals surface area contributed by atoms with Gasteiger partial charge in [0.2, 0.25) is 0 Å². The van der Waals surface area contributed by atoms with E-state index in [0.717, 1.165) is 10.6 Å². The maximum Gasteiger partial charge on any atom is 0.259 e. The first-order valence-electron chi connectivity index (χ1n) is 6.14. The summed E-state index contributed by atoms with van der Waals surface area (Å²) in [5.74, 6) is 1.57. The van der Waals surface area contributed by atoms with Gasteiger partial charge in [-0.1, -0.05) is 40.7 Å². The van der Waals surface area contributed by atoms with Gasteiger partial charge in [-0.25, -0.2) is 4.98 Å². The molecule has 21 heavy (non-hydrogen) atoms. The van der Waals surface area contributed by atoms with Crippen LogP contribution in [0, 0.1) is 0 Å². The van der Waals surface area contributed by atoms with E-state index in [4.69, 9.17) is 21.9 Å². The van der Waals surface area contributed by atoms with E-state index in [9.17, 15) is 0 Å². The number of aromatic nitrogens is 3. The van der Waals surface area contributed by atoms with E-state index in [1.165, 1.54) is 11.8 Å². The highest BCUT2D eigenvalue weighted by atomic mass is 35.5. The Bertz CT molecular complexity index is 745. The van der Waals surface area contributed by atoms with Crippen LogP contribution in [0.4, 0.5) is 5.69 Å². The normalized spacial score (nSPS) is 10.7. The van der Waals surface area contributed by atoms with Crippen LogP contribution in [0.15, 0.2) is 52.1 Å². The molecule has 0 unspecified atom stereocenters. The summed E-state index contributed by atoms with van der Waals surface area (Å²) in [6.07, 6.45) is 1.62. The number of halogens is 1. The van der Waals surface area contributed by atoms with Crippen molar-refractivity contribution in [3.05, 3.63) is 53.4 Å². The molecule has 3 aromatic rings. The molecule has 0 aliphatic carbocycles. The van der Waals surface area contributed by atoms with E-state index in [-0.39, 0.29) is 0 Å². The third-order valence-electron chi connectivity index (χ3n) is 2.68. The Balaban J connectivity index is 1.71. The van der Waals surface area contributed by atoms with Gasteiger partial charge in [0, 0.05) is 0 Å². The first-order chi connectivity index (χ1) is 10.2. The van der Waals surface area contributed by atoms with Crippen molar-refractivity contribution in [2.75, 3.05) is 5.73 Å². The van der Waals surface area contributed by atoms with Crippen LogP contribution < -0.4 is 5.73 Å². The average molecular weight is 319 g/mol. The highest BCUT2D eigenvalue weighted by Crippen LogP contribution is 2.27. The molecule has 0 amide bonds. The molecule has 0 aliphatic rings. The van der Waals surface area contributed by atoms with Gasteiger partial charge in [0.15, 0.2) is 5.82 Å². The van der Waals surface area contributed by atoms with Crippen molar-refractivity contribution in [2.24, 2.45) is 0 Å². The second-order valence-electron chi connectivity index (χ2n) is 4.21. The largest absolute Gasteiger partial charge is 0.397 e. The Morgan fingerprint density at radius 2 is 2.05 bits per heavy atom. The van der Waals surface area contributed by atoms with Crippen LogP contribution in [0.5, 0.6) is 0 Å². The summed E-state index contributed by atoms with van der Waals surface area (Å²) < 4.78 is 5.24. The third kappa shape index (κ3) is 3.34. The van der Waals surface area contributed by atoms with Crippen LogP contribution in [0.2, 0.25) is 5.02 Å². The van der Waals surface area contributed by atoms with Crippen LogP contribution in [-0.4, -0.2) is 15.1 Å². The van der Waals surface area contributed by atoms with Crippen LogP contribution in [-0.2, 0) is 5.75 Å². The maximum atomic E-state index is 6.10.